The molecule has 110 valence electrons. The zero-order valence-electron chi connectivity index (χ0n) is 11.6. The van der Waals surface area contributed by atoms with Gasteiger partial charge in [-0.2, -0.15) is 0 Å². The van der Waals surface area contributed by atoms with Crippen LogP contribution in [0, 0.1) is 0 Å². The van der Waals surface area contributed by atoms with Crippen molar-refractivity contribution in [2.45, 2.75) is 64.2 Å². The monoisotopic (exact) mass is 280 g/mol. The van der Waals surface area contributed by atoms with E-state index in [1.165, 1.54) is 0 Å². The van der Waals surface area contributed by atoms with Gasteiger partial charge in [-0.15, -0.1) is 0 Å². The third-order valence-corrected chi connectivity index (χ3v) is 2.84. The Bertz CT molecular complexity index is 359. The minimum absolute atomic E-state index is 0.325. The Morgan fingerprint density at radius 2 is 0.950 bits per heavy atom. The molecule has 0 spiro atoms. The maximum absolute atomic E-state index is 10.9. The van der Waals surface area contributed by atoms with Gasteiger partial charge in [0, 0.05) is 22.7 Å². The summed E-state index contributed by atoms with van der Waals surface area (Å²) in [4.78, 5) is 26.6. The van der Waals surface area contributed by atoms with Crippen LogP contribution in [0.4, 0.5) is 0 Å². The summed E-state index contributed by atoms with van der Waals surface area (Å²) in [5.41, 5.74) is 16.1. The third kappa shape index (κ3) is 12.4. The molecule has 0 rings (SSSR count). The van der Waals surface area contributed by atoms with Gasteiger partial charge in [0.1, 0.15) is 0 Å². The summed E-state index contributed by atoms with van der Waals surface area (Å²) in [5.74, 6) is -0.783. The first-order chi connectivity index (χ1) is 9.70. The number of hydrogen-bond donors (Lipinski definition) is 0. The van der Waals surface area contributed by atoms with Gasteiger partial charge in [0.15, 0.2) is 0 Å². The Morgan fingerprint density at radius 3 is 1.25 bits per heavy atom. The highest BCUT2D eigenvalue weighted by molar-refractivity contribution is 5.76. The molecule has 0 aliphatic rings. The lowest BCUT2D eigenvalue weighted by molar-refractivity contribution is -0.118. The number of carbonyl (C=O) groups excluding carboxylic acids is 2. The predicted molar refractivity (Wildman–Crippen MR) is 74.5 cm³/mol. The van der Waals surface area contributed by atoms with Gasteiger partial charge in [0.05, 0.1) is 0 Å². The molecule has 0 aromatic heterocycles. The molecule has 0 aromatic rings. The van der Waals surface area contributed by atoms with E-state index in [1.54, 1.807) is 0 Å². The van der Waals surface area contributed by atoms with E-state index in [1.807, 2.05) is 0 Å². The number of amides is 2. The quantitative estimate of drug-likeness (QED) is 0.237. The molecule has 8 heteroatoms. The second kappa shape index (κ2) is 13.4. The Kier molecular flexibility index (Phi) is 12.0. The standard InChI is InChI=1S/C12H20N6O2/c13-17-15-11(19)9-7-5-3-1-2-4-6-8-10-12(20)16-18-14/h1-10H2. The lowest BCUT2D eigenvalue weighted by atomic mass is 10.1. The van der Waals surface area contributed by atoms with Crippen LogP contribution in [-0.2, 0) is 9.59 Å². The number of hydrogen-bond acceptors (Lipinski definition) is 2. The van der Waals surface area contributed by atoms with Crippen LogP contribution in [0.2, 0.25) is 0 Å². The Labute approximate surface area is 117 Å². The van der Waals surface area contributed by atoms with Crippen LogP contribution in [-0.4, -0.2) is 11.8 Å². The molecule has 0 aliphatic carbocycles. The van der Waals surface area contributed by atoms with Crippen molar-refractivity contribution >= 4 is 11.8 Å². The molecule has 0 heterocycles. The lowest BCUT2D eigenvalue weighted by Crippen LogP contribution is -1.92. The maximum Gasteiger partial charge on any atom is 0.218 e. The van der Waals surface area contributed by atoms with Crippen molar-refractivity contribution in [2.75, 3.05) is 0 Å². The summed E-state index contributed by atoms with van der Waals surface area (Å²) >= 11 is 0. The predicted octanol–water partition coefficient (Wildman–Crippen LogP) is 4.56. The average molecular weight is 280 g/mol. The Balaban J connectivity index is 3.25. The van der Waals surface area contributed by atoms with E-state index in [9.17, 15) is 9.59 Å². The molecule has 0 saturated heterocycles. The van der Waals surface area contributed by atoms with Crippen molar-refractivity contribution < 1.29 is 9.59 Å². The molecule has 0 N–H and O–H groups in total. The summed E-state index contributed by atoms with van der Waals surface area (Å²) in [6.07, 6.45) is 8.40. The molecular formula is C12H20N6O2. The van der Waals surface area contributed by atoms with Crippen LogP contribution in [0.5, 0.6) is 0 Å². The number of unbranched alkanes of at least 4 members (excludes halogenated alkanes) is 7. The molecule has 8 nitrogen and oxygen atoms in total. The van der Waals surface area contributed by atoms with Crippen LogP contribution >= 0.6 is 0 Å². The summed E-state index contributed by atoms with van der Waals surface area (Å²) in [5, 5.41) is 6.01. The first kappa shape index (κ1) is 18.0. The van der Waals surface area contributed by atoms with Crippen LogP contribution in [0.25, 0.3) is 20.9 Å². The van der Waals surface area contributed by atoms with Crippen molar-refractivity contribution in [1.82, 2.24) is 0 Å². The van der Waals surface area contributed by atoms with Gasteiger partial charge in [-0.1, -0.05) is 38.5 Å². The lowest BCUT2D eigenvalue weighted by Gasteiger charge is -2.01. The SMILES string of the molecule is [N-]=[N+]=NC(=O)CCCCCCCCCCC(=O)N=[N+]=[N-]. The van der Waals surface area contributed by atoms with E-state index in [4.69, 9.17) is 11.1 Å². The summed E-state index contributed by atoms with van der Waals surface area (Å²) in [6.45, 7) is 0. The van der Waals surface area contributed by atoms with Gasteiger partial charge in [-0.25, -0.2) is 0 Å². The first-order valence-corrected chi connectivity index (χ1v) is 6.86. The first-order valence-electron chi connectivity index (χ1n) is 6.86. The fraction of sp³-hybridized carbons (Fsp3) is 0.833. The van der Waals surface area contributed by atoms with Crippen LogP contribution in [0.15, 0.2) is 10.2 Å². The molecule has 0 bridgehead atoms. The molecule has 20 heavy (non-hydrogen) atoms. The fourth-order valence-electron chi connectivity index (χ4n) is 1.81. The van der Waals surface area contributed by atoms with E-state index in [2.05, 4.69) is 20.1 Å². The summed E-state index contributed by atoms with van der Waals surface area (Å²) in [7, 11) is 0. The maximum atomic E-state index is 10.9. The molecule has 0 atom stereocenters. The van der Waals surface area contributed by atoms with Crippen LogP contribution in [0.3, 0.4) is 0 Å². The van der Waals surface area contributed by atoms with Gasteiger partial charge in [-0.3, -0.25) is 9.59 Å². The minimum atomic E-state index is -0.391. The molecule has 0 aromatic carbocycles. The molecule has 0 radical (unpaired) electrons. The van der Waals surface area contributed by atoms with E-state index >= 15 is 0 Å². The van der Waals surface area contributed by atoms with Crippen molar-refractivity contribution in [3.8, 4) is 0 Å². The molecule has 0 saturated carbocycles. The zero-order chi connectivity index (χ0) is 15.1. The van der Waals surface area contributed by atoms with Crippen LogP contribution < -0.4 is 0 Å². The highest BCUT2D eigenvalue weighted by atomic mass is 16.2. The highest BCUT2D eigenvalue weighted by Crippen LogP contribution is 2.11. The van der Waals surface area contributed by atoms with E-state index in [0.717, 1.165) is 51.4 Å². The van der Waals surface area contributed by atoms with Crippen molar-refractivity contribution in [1.29, 1.82) is 0 Å². The summed E-state index contributed by atoms with van der Waals surface area (Å²) in [6, 6.07) is 0. The van der Waals surface area contributed by atoms with E-state index < -0.39 is 11.8 Å². The number of nitrogens with zero attached hydrogens (tertiary/aromatic N) is 6. The number of azide groups is 2. The third-order valence-electron chi connectivity index (χ3n) is 2.84. The topological polar surface area (TPSA) is 132 Å². The minimum Gasteiger partial charge on any atom is -0.293 e. The summed E-state index contributed by atoms with van der Waals surface area (Å²) < 4.78 is 0. The van der Waals surface area contributed by atoms with E-state index in [0.29, 0.717) is 12.8 Å². The van der Waals surface area contributed by atoms with Gasteiger partial charge in [0.2, 0.25) is 11.8 Å². The number of carbonyl (C=O) groups is 2. The van der Waals surface area contributed by atoms with Crippen molar-refractivity contribution in [3.63, 3.8) is 0 Å². The molecular weight excluding hydrogens is 260 g/mol. The van der Waals surface area contributed by atoms with Crippen LogP contribution in [0.1, 0.15) is 64.2 Å². The van der Waals surface area contributed by atoms with Crippen molar-refractivity contribution in [2.24, 2.45) is 10.2 Å². The van der Waals surface area contributed by atoms with Gasteiger partial charge in [0.25, 0.3) is 0 Å². The normalized spacial score (nSPS) is 9.40. The van der Waals surface area contributed by atoms with Gasteiger partial charge in [-0.05, 0) is 34.1 Å². The number of rotatable bonds is 11. The largest absolute Gasteiger partial charge is 0.293 e. The van der Waals surface area contributed by atoms with Gasteiger partial charge < -0.3 is 0 Å². The molecule has 0 aliphatic heterocycles. The smallest absolute Gasteiger partial charge is 0.218 e. The molecule has 0 fully saturated rings. The molecule has 2 amide bonds. The zero-order valence-corrected chi connectivity index (χ0v) is 11.6. The van der Waals surface area contributed by atoms with Crippen molar-refractivity contribution in [3.05, 3.63) is 20.9 Å². The highest BCUT2D eigenvalue weighted by Gasteiger charge is 1.99. The molecule has 0 unspecified atom stereocenters. The average Bonchev–Trinajstić information content (AvgIpc) is 2.41. The fourth-order valence-corrected chi connectivity index (χ4v) is 1.81. The van der Waals surface area contributed by atoms with E-state index in [-0.39, 0.29) is 0 Å². The second-order valence-electron chi connectivity index (χ2n) is 4.49. The Hall–Kier alpha value is -2.04. The second-order valence-corrected chi connectivity index (χ2v) is 4.49. The Morgan fingerprint density at radius 1 is 0.650 bits per heavy atom. The van der Waals surface area contributed by atoms with Gasteiger partial charge >= 0.3 is 0 Å².